The molecular formula is C14H25N3O. The zero-order chi connectivity index (χ0) is 13.5. The van der Waals surface area contributed by atoms with Crippen LogP contribution < -0.4 is 15.8 Å². The van der Waals surface area contributed by atoms with E-state index in [1.165, 1.54) is 0 Å². The molecule has 0 saturated heterocycles. The zero-order valence-corrected chi connectivity index (χ0v) is 11.9. The van der Waals surface area contributed by atoms with Crippen LogP contribution in [0.2, 0.25) is 0 Å². The molecule has 1 aromatic heterocycles. The molecule has 1 aromatic rings. The maximum atomic E-state index is 5.85. The fourth-order valence-electron chi connectivity index (χ4n) is 1.65. The van der Waals surface area contributed by atoms with E-state index in [2.05, 4.69) is 38.0 Å². The number of nitrogens with zero attached hydrogens (tertiary/aromatic N) is 1. The minimum Gasteiger partial charge on any atom is -0.476 e. The molecule has 0 fully saturated rings. The van der Waals surface area contributed by atoms with E-state index in [9.17, 15) is 0 Å². The van der Waals surface area contributed by atoms with Crippen LogP contribution in [0, 0.1) is 5.92 Å². The Morgan fingerprint density at radius 2 is 2.06 bits per heavy atom. The maximum absolute atomic E-state index is 5.85. The molecule has 0 radical (unpaired) electrons. The number of rotatable bonds is 7. The summed E-state index contributed by atoms with van der Waals surface area (Å²) in [6, 6.07) is 4.14. The summed E-state index contributed by atoms with van der Waals surface area (Å²) < 4.78 is 5.60. The van der Waals surface area contributed by atoms with Gasteiger partial charge in [0.1, 0.15) is 5.82 Å². The summed E-state index contributed by atoms with van der Waals surface area (Å²) >= 11 is 0. The molecule has 1 heterocycles. The number of hydrogen-bond donors (Lipinski definition) is 2. The lowest BCUT2D eigenvalue weighted by Crippen LogP contribution is -2.16. The van der Waals surface area contributed by atoms with E-state index in [1.807, 2.05) is 12.1 Å². The first-order valence-electron chi connectivity index (χ1n) is 6.68. The van der Waals surface area contributed by atoms with Gasteiger partial charge in [-0.25, -0.2) is 0 Å². The van der Waals surface area contributed by atoms with Crippen molar-refractivity contribution in [3.05, 3.63) is 12.1 Å². The molecule has 0 saturated carbocycles. The quantitative estimate of drug-likeness (QED) is 0.780. The van der Waals surface area contributed by atoms with Gasteiger partial charge in [0.05, 0.1) is 12.3 Å². The van der Waals surface area contributed by atoms with E-state index in [4.69, 9.17) is 10.5 Å². The molecule has 18 heavy (non-hydrogen) atoms. The van der Waals surface area contributed by atoms with Gasteiger partial charge in [0.15, 0.2) is 0 Å². The summed E-state index contributed by atoms with van der Waals surface area (Å²) in [4.78, 5) is 4.41. The third-order valence-corrected chi connectivity index (χ3v) is 2.56. The summed E-state index contributed by atoms with van der Waals surface area (Å²) in [6.07, 6.45) is 2.27. The Morgan fingerprint density at radius 3 is 2.67 bits per heavy atom. The summed E-state index contributed by atoms with van der Waals surface area (Å²) in [5.74, 6) is 1.81. The van der Waals surface area contributed by atoms with Gasteiger partial charge in [-0.3, -0.25) is 0 Å². The van der Waals surface area contributed by atoms with E-state index in [0.29, 0.717) is 30.1 Å². The average Bonchev–Trinajstić information content (AvgIpc) is 2.30. The van der Waals surface area contributed by atoms with Gasteiger partial charge in [-0.2, -0.15) is 4.98 Å². The number of nitrogens with two attached hydrogens (primary N) is 1. The predicted octanol–water partition coefficient (Wildman–Crippen LogP) is 3.30. The van der Waals surface area contributed by atoms with Crippen LogP contribution in [0.3, 0.4) is 0 Å². The van der Waals surface area contributed by atoms with E-state index < -0.39 is 0 Å². The van der Waals surface area contributed by atoms with Crippen molar-refractivity contribution in [1.82, 2.24) is 4.98 Å². The lowest BCUT2D eigenvalue weighted by atomic mass is 10.2. The molecule has 0 aromatic carbocycles. The second kappa shape index (κ2) is 7.09. The Kier molecular flexibility index (Phi) is 5.75. The van der Waals surface area contributed by atoms with Crippen LogP contribution in [0.25, 0.3) is 0 Å². The first kappa shape index (κ1) is 14.6. The van der Waals surface area contributed by atoms with E-state index in [1.54, 1.807) is 0 Å². The fourth-order valence-corrected chi connectivity index (χ4v) is 1.65. The van der Waals surface area contributed by atoms with Gasteiger partial charge in [0.25, 0.3) is 0 Å². The van der Waals surface area contributed by atoms with Gasteiger partial charge in [-0.05, 0) is 31.4 Å². The van der Waals surface area contributed by atoms with Crippen LogP contribution in [0.4, 0.5) is 11.5 Å². The van der Waals surface area contributed by atoms with Gasteiger partial charge < -0.3 is 15.8 Å². The maximum Gasteiger partial charge on any atom is 0.239 e. The molecular weight excluding hydrogens is 226 g/mol. The van der Waals surface area contributed by atoms with E-state index >= 15 is 0 Å². The van der Waals surface area contributed by atoms with E-state index in [-0.39, 0.29) is 0 Å². The molecule has 0 aliphatic rings. The van der Waals surface area contributed by atoms with Crippen molar-refractivity contribution >= 4 is 11.5 Å². The zero-order valence-electron chi connectivity index (χ0n) is 11.9. The lowest BCUT2D eigenvalue weighted by molar-refractivity contribution is 0.263. The van der Waals surface area contributed by atoms with Gasteiger partial charge in [0, 0.05) is 6.04 Å². The predicted molar refractivity (Wildman–Crippen MR) is 77.0 cm³/mol. The minimum absolute atomic E-state index is 0.407. The van der Waals surface area contributed by atoms with Crippen LogP contribution in [-0.4, -0.2) is 17.6 Å². The Labute approximate surface area is 110 Å². The lowest BCUT2D eigenvalue weighted by Gasteiger charge is -2.15. The molecule has 1 rings (SSSR count). The second-order valence-electron chi connectivity index (χ2n) is 5.13. The highest BCUT2D eigenvalue weighted by Gasteiger charge is 2.07. The molecule has 0 aliphatic heterocycles. The summed E-state index contributed by atoms with van der Waals surface area (Å²) in [7, 11) is 0. The number of aromatic nitrogens is 1. The van der Waals surface area contributed by atoms with Gasteiger partial charge in [-0.1, -0.05) is 27.2 Å². The van der Waals surface area contributed by atoms with Crippen molar-refractivity contribution in [1.29, 1.82) is 0 Å². The Balaban J connectivity index is 2.67. The van der Waals surface area contributed by atoms with Crippen molar-refractivity contribution in [2.45, 2.75) is 46.6 Å². The fraction of sp³-hybridized carbons (Fsp3) is 0.643. The number of ether oxygens (including phenoxy) is 1. The third kappa shape index (κ3) is 4.82. The minimum atomic E-state index is 0.407. The topological polar surface area (TPSA) is 60.2 Å². The number of anilines is 2. The summed E-state index contributed by atoms with van der Waals surface area (Å²) in [5, 5.41) is 3.35. The van der Waals surface area contributed by atoms with Crippen molar-refractivity contribution in [2.75, 3.05) is 17.7 Å². The molecule has 4 heteroatoms. The summed E-state index contributed by atoms with van der Waals surface area (Å²) in [6.45, 7) is 9.15. The Bertz CT molecular complexity index is 366. The van der Waals surface area contributed by atoms with Gasteiger partial charge in [-0.15, -0.1) is 0 Å². The standard InChI is InChI=1S/C14H25N3O/c1-5-6-11(4)16-13-8-7-12(15)14(17-13)18-9-10(2)3/h7-8,10-11H,5-6,9,15H2,1-4H3,(H,16,17). The SMILES string of the molecule is CCCC(C)Nc1ccc(N)c(OCC(C)C)n1. The molecule has 3 N–H and O–H groups in total. The number of nitrogen functional groups attached to an aromatic ring is 1. The normalized spacial score (nSPS) is 12.5. The molecule has 102 valence electrons. The van der Waals surface area contributed by atoms with Crippen LogP contribution in [0.5, 0.6) is 5.88 Å². The highest BCUT2D eigenvalue weighted by Crippen LogP contribution is 2.22. The largest absolute Gasteiger partial charge is 0.476 e. The smallest absolute Gasteiger partial charge is 0.239 e. The van der Waals surface area contributed by atoms with Crippen molar-refractivity contribution < 1.29 is 4.74 Å². The molecule has 0 bridgehead atoms. The van der Waals surface area contributed by atoms with Crippen LogP contribution in [0.1, 0.15) is 40.5 Å². The van der Waals surface area contributed by atoms with Gasteiger partial charge >= 0.3 is 0 Å². The first-order chi connectivity index (χ1) is 8.52. The van der Waals surface area contributed by atoms with Crippen LogP contribution in [0.15, 0.2) is 12.1 Å². The third-order valence-electron chi connectivity index (χ3n) is 2.56. The van der Waals surface area contributed by atoms with E-state index in [0.717, 1.165) is 18.7 Å². The molecule has 4 nitrogen and oxygen atoms in total. The highest BCUT2D eigenvalue weighted by atomic mass is 16.5. The number of hydrogen-bond acceptors (Lipinski definition) is 4. The van der Waals surface area contributed by atoms with Crippen molar-refractivity contribution in [3.8, 4) is 5.88 Å². The van der Waals surface area contributed by atoms with Crippen LogP contribution in [-0.2, 0) is 0 Å². The number of nitrogens with one attached hydrogen (secondary N) is 1. The Morgan fingerprint density at radius 1 is 1.33 bits per heavy atom. The van der Waals surface area contributed by atoms with Crippen LogP contribution >= 0.6 is 0 Å². The molecule has 1 unspecified atom stereocenters. The molecule has 0 aliphatic carbocycles. The molecule has 0 amide bonds. The molecule has 0 spiro atoms. The first-order valence-corrected chi connectivity index (χ1v) is 6.68. The second-order valence-corrected chi connectivity index (χ2v) is 5.13. The molecule has 1 atom stereocenters. The highest BCUT2D eigenvalue weighted by molar-refractivity contribution is 5.53. The monoisotopic (exact) mass is 251 g/mol. The van der Waals surface area contributed by atoms with Crippen molar-refractivity contribution in [2.24, 2.45) is 5.92 Å². The average molecular weight is 251 g/mol. The van der Waals surface area contributed by atoms with Gasteiger partial charge in [0.2, 0.25) is 5.88 Å². The summed E-state index contributed by atoms with van der Waals surface area (Å²) in [5.41, 5.74) is 6.44. The number of pyridine rings is 1. The van der Waals surface area contributed by atoms with Crippen molar-refractivity contribution in [3.63, 3.8) is 0 Å². The Hall–Kier alpha value is -1.45.